The molecule has 2 heteroatoms. The number of nitrogens with two attached hydrogens (primary N) is 1. The summed E-state index contributed by atoms with van der Waals surface area (Å²) in [4.78, 5) is 4.31. The van der Waals surface area contributed by atoms with Gasteiger partial charge >= 0.3 is 0 Å². The van der Waals surface area contributed by atoms with E-state index in [0.717, 1.165) is 11.9 Å². The van der Waals surface area contributed by atoms with E-state index in [2.05, 4.69) is 29.2 Å². The predicted molar refractivity (Wildman–Crippen MR) is 61.7 cm³/mol. The van der Waals surface area contributed by atoms with Gasteiger partial charge in [-0.25, -0.2) is 0 Å². The number of fused-ring (bicyclic) bond motifs is 1. The Bertz CT molecular complexity index is 493. The van der Waals surface area contributed by atoms with E-state index in [9.17, 15) is 0 Å². The lowest BCUT2D eigenvalue weighted by Gasteiger charge is -2.34. The summed E-state index contributed by atoms with van der Waals surface area (Å²) in [7, 11) is 0. The van der Waals surface area contributed by atoms with Crippen molar-refractivity contribution in [3.8, 4) is 0 Å². The van der Waals surface area contributed by atoms with Crippen LogP contribution in [-0.4, -0.2) is 11.0 Å². The Morgan fingerprint density at radius 3 is 2.87 bits per heavy atom. The van der Waals surface area contributed by atoms with Crippen LogP contribution in [0.5, 0.6) is 0 Å². The van der Waals surface area contributed by atoms with Crippen molar-refractivity contribution in [2.75, 3.05) is 0 Å². The van der Waals surface area contributed by atoms with Crippen molar-refractivity contribution in [2.24, 2.45) is 5.73 Å². The second-order valence-corrected chi connectivity index (χ2v) is 4.30. The normalized spacial score (nSPS) is 25.1. The highest BCUT2D eigenvalue weighted by Crippen LogP contribution is 2.36. The Labute approximate surface area is 89.1 Å². The summed E-state index contributed by atoms with van der Waals surface area (Å²) in [6.07, 6.45) is 4.22. The van der Waals surface area contributed by atoms with E-state index in [4.69, 9.17) is 5.73 Å². The average Bonchev–Trinajstić information content (AvgIpc) is 2.27. The third kappa shape index (κ3) is 1.41. The maximum atomic E-state index is 5.98. The molecule has 1 saturated carbocycles. The van der Waals surface area contributed by atoms with E-state index < -0.39 is 0 Å². The molecule has 0 bridgehead atoms. The van der Waals surface area contributed by atoms with Crippen LogP contribution in [0.2, 0.25) is 0 Å². The molecule has 2 unspecified atom stereocenters. The zero-order valence-electron chi connectivity index (χ0n) is 8.56. The summed E-state index contributed by atoms with van der Waals surface area (Å²) in [5, 5.41) is 1.22. The van der Waals surface area contributed by atoms with Crippen molar-refractivity contribution >= 4 is 10.9 Å². The van der Waals surface area contributed by atoms with Crippen molar-refractivity contribution < 1.29 is 0 Å². The van der Waals surface area contributed by atoms with Crippen LogP contribution in [0, 0.1) is 0 Å². The molecule has 2 atom stereocenters. The summed E-state index contributed by atoms with van der Waals surface area (Å²) in [5.41, 5.74) is 8.42. The van der Waals surface area contributed by atoms with Gasteiger partial charge in [0, 0.05) is 17.6 Å². The number of rotatable bonds is 1. The van der Waals surface area contributed by atoms with E-state index >= 15 is 0 Å². The summed E-state index contributed by atoms with van der Waals surface area (Å²) in [6, 6.07) is 10.9. The van der Waals surface area contributed by atoms with Gasteiger partial charge in [0.1, 0.15) is 0 Å². The monoisotopic (exact) mass is 198 g/mol. The molecule has 1 fully saturated rings. The molecule has 1 aromatic carbocycles. The second kappa shape index (κ2) is 3.31. The average molecular weight is 198 g/mol. The minimum Gasteiger partial charge on any atom is -0.327 e. The Morgan fingerprint density at radius 2 is 2.13 bits per heavy atom. The third-order valence-electron chi connectivity index (χ3n) is 3.38. The Balaban J connectivity index is 2.06. The maximum absolute atomic E-state index is 5.98. The number of pyridine rings is 1. The minimum absolute atomic E-state index is 0.360. The van der Waals surface area contributed by atoms with Crippen molar-refractivity contribution in [1.29, 1.82) is 0 Å². The lowest BCUT2D eigenvalue weighted by Crippen LogP contribution is -2.37. The number of hydrogen-bond donors (Lipinski definition) is 1. The van der Waals surface area contributed by atoms with Gasteiger partial charge in [-0.2, -0.15) is 0 Å². The van der Waals surface area contributed by atoms with E-state index in [1.807, 2.05) is 12.3 Å². The molecule has 2 N–H and O–H groups in total. The molecule has 15 heavy (non-hydrogen) atoms. The fourth-order valence-corrected chi connectivity index (χ4v) is 2.26. The topological polar surface area (TPSA) is 38.9 Å². The van der Waals surface area contributed by atoms with Crippen LogP contribution < -0.4 is 5.73 Å². The van der Waals surface area contributed by atoms with E-state index in [-0.39, 0.29) is 0 Å². The molecule has 3 rings (SSSR count). The van der Waals surface area contributed by atoms with Gasteiger partial charge in [0.05, 0.1) is 5.52 Å². The zero-order chi connectivity index (χ0) is 10.3. The first kappa shape index (κ1) is 8.86. The standard InChI is InChI=1S/C13H14N2/c14-12-5-4-11(12)9-3-6-13-10(8-9)2-1-7-15-13/h1-3,6-8,11-12H,4-5,14H2. The van der Waals surface area contributed by atoms with Gasteiger partial charge in [-0.15, -0.1) is 0 Å². The van der Waals surface area contributed by atoms with Crippen molar-refractivity contribution in [3.63, 3.8) is 0 Å². The molecule has 1 aliphatic rings. The Hall–Kier alpha value is -1.41. The van der Waals surface area contributed by atoms with Crippen LogP contribution >= 0.6 is 0 Å². The van der Waals surface area contributed by atoms with E-state index in [1.165, 1.54) is 17.4 Å². The summed E-state index contributed by atoms with van der Waals surface area (Å²) < 4.78 is 0. The van der Waals surface area contributed by atoms with Crippen molar-refractivity contribution in [2.45, 2.75) is 24.8 Å². The third-order valence-corrected chi connectivity index (χ3v) is 3.38. The molecule has 76 valence electrons. The minimum atomic E-state index is 0.360. The molecular formula is C13H14N2. The number of nitrogens with zero attached hydrogens (tertiary/aromatic N) is 1. The fraction of sp³-hybridized carbons (Fsp3) is 0.308. The maximum Gasteiger partial charge on any atom is 0.0702 e. The van der Waals surface area contributed by atoms with Crippen LogP contribution in [-0.2, 0) is 0 Å². The zero-order valence-corrected chi connectivity index (χ0v) is 8.56. The molecule has 0 radical (unpaired) electrons. The highest BCUT2D eigenvalue weighted by atomic mass is 14.7. The van der Waals surface area contributed by atoms with E-state index in [1.54, 1.807) is 0 Å². The van der Waals surface area contributed by atoms with Gasteiger partial charge in [0.2, 0.25) is 0 Å². The van der Waals surface area contributed by atoms with Gasteiger partial charge in [0.15, 0.2) is 0 Å². The molecule has 1 aromatic heterocycles. The Kier molecular flexibility index (Phi) is 1.96. The fourth-order valence-electron chi connectivity index (χ4n) is 2.26. The molecule has 0 spiro atoms. The van der Waals surface area contributed by atoms with E-state index in [0.29, 0.717) is 12.0 Å². The molecule has 1 heterocycles. The first-order valence-corrected chi connectivity index (χ1v) is 5.45. The summed E-state index contributed by atoms with van der Waals surface area (Å²) in [6.45, 7) is 0. The predicted octanol–water partition coefficient (Wildman–Crippen LogP) is 2.44. The van der Waals surface area contributed by atoms with Crippen LogP contribution in [0.15, 0.2) is 36.5 Å². The number of aromatic nitrogens is 1. The lowest BCUT2D eigenvalue weighted by molar-refractivity contribution is 0.347. The molecule has 2 aromatic rings. The number of hydrogen-bond acceptors (Lipinski definition) is 2. The first-order chi connectivity index (χ1) is 7.34. The second-order valence-electron chi connectivity index (χ2n) is 4.30. The van der Waals surface area contributed by atoms with Crippen LogP contribution in [0.25, 0.3) is 10.9 Å². The molecule has 1 aliphatic carbocycles. The van der Waals surface area contributed by atoms with Gasteiger partial charge in [-0.3, -0.25) is 4.98 Å². The smallest absolute Gasteiger partial charge is 0.0702 e. The van der Waals surface area contributed by atoms with Gasteiger partial charge in [0.25, 0.3) is 0 Å². The Morgan fingerprint density at radius 1 is 1.20 bits per heavy atom. The summed E-state index contributed by atoms with van der Waals surface area (Å²) >= 11 is 0. The molecule has 2 nitrogen and oxygen atoms in total. The summed E-state index contributed by atoms with van der Waals surface area (Å²) in [5.74, 6) is 0.564. The van der Waals surface area contributed by atoms with Crippen LogP contribution in [0.4, 0.5) is 0 Å². The highest BCUT2D eigenvalue weighted by molar-refractivity contribution is 5.79. The quantitative estimate of drug-likeness (QED) is 0.764. The van der Waals surface area contributed by atoms with Gasteiger partial charge < -0.3 is 5.73 Å². The van der Waals surface area contributed by atoms with Gasteiger partial charge in [-0.1, -0.05) is 12.1 Å². The van der Waals surface area contributed by atoms with Crippen molar-refractivity contribution in [1.82, 2.24) is 4.98 Å². The molecule has 0 aliphatic heterocycles. The largest absolute Gasteiger partial charge is 0.327 e. The van der Waals surface area contributed by atoms with Gasteiger partial charge in [-0.05, 0) is 42.5 Å². The van der Waals surface area contributed by atoms with Crippen molar-refractivity contribution in [3.05, 3.63) is 42.1 Å². The number of benzene rings is 1. The molecule has 0 amide bonds. The highest BCUT2D eigenvalue weighted by Gasteiger charge is 2.28. The first-order valence-electron chi connectivity index (χ1n) is 5.45. The lowest BCUT2D eigenvalue weighted by atomic mass is 9.75. The molecule has 0 saturated heterocycles. The molecular weight excluding hydrogens is 184 g/mol. The SMILES string of the molecule is NC1CCC1c1ccc2ncccc2c1. The van der Waals surface area contributed by atoms with Crippen LogP contribution in [0.1, 0.15) is 24.3 Å². The van der Waals surface area contributed by atoms with Crippen LogP contribution in [0.3, 0.4) is 0 Å².